The summed E-state index contributed by atoms with van der Waals surface area (Å²) in [5.41, 5.74) is -1.51. The van der Waals surface area contributed by atoms with Crippen molar-refractivity contribution >= 4 is 40.3 Å². The number of rotatable bonds is 4. The molecule has 3 rings (SSSR count). The molecule has 2 aromatic rings. The number of hydrogen-bond donors (Lipinski definition) is 2. The van der Waals surface area contributed by atoms with E-state index < -0.39 is 11.5 Å². The number of carbonyl (C=O) groups excluding carboxylic acids is 2. The van der Waals surface area contributed by atoms with Gasteiger partial charge in [-0.25, -0.2) is 0 Å². The number of benzene rings is 1. The molecule has 0 aliphatic carbocycles. The second kappa shape index (κ2) is 5.39. The summed E-state index contributed by atoms with van der Waals surface area (Å²) < 4.78 is 5.16. The van der Waals surface area contributed by atoms with E-state index in [2.05, 4.69) is 5.32 Å². The molecule has 1 aliphatic rings. The van der Waals surface area contributed by atoms with Gasteiger partial charge in [0.15, 0.2) is 11.4 Å². The van der Waals surface area contributed by atoms with Crippen LogP contribution in [0.2, 0.25) is 5.02 Å². The summed E-state index contributed by atoms with van der Waals surface area (Å²) in [6.45, 7) is 0. The third kappa shape index (κ3) is 2.20. The Bertz CT molecular complexity index is 759. The first-order valence-corrected chi connectivity index (χ1v) is 7.70. The number of amides is 1. The number of methoxy groups -OCH3 is 1. The molecular weight excluding hydrogens is 326 g/mol. The Hall–Kier alpha value is -1.89. The molecule has 0 radical (unpaired) electrons. The van der Waals surface area contributed by atoms with Crippen molar-refractivity contribution < 1.29 is 19.4 Å². The molecule has 2 heterocycles. The van der Waals surface area contributed by atoms with Gasteiger partial charge in [0, 0.05) is 10.6 Å². The SMILES string of the molecule is COc1ccc(Cl)c2c1NC(=O)C2(O)CC(=O)c1cccs1. The Labute approximate surface area is 135 Å². The van der Waals surface area contributed by atoms with Gasteiger partial charge in [-0.15, -0.1) is 11.3 Å². The minimum absolute atomic E-state index is 0.184. The maximum atomic E-state index is 12.3. The highest BCUT2D eigenvalue weighted by Crippen LogP contribution is 2.47. The number of fused-ring (bicyclic) bond motifs is 1. The van der Waals surface area contributed by atoms with Crippen molar-refractivity contribution in [1.29, 1.82) is 0 Å². The van der Waals surface area contributed by atoms with Gasteiger partial charge >= 0.3 is 0 Å². The van der Waals surface area contributed by atoms with Crippen LogP contribution in [0.5, 0.6) is 5.75 Å². The fourth-order valence-corrected chi connectivity index (χ4v) is 3.49. The van der Waals surface area contributed by atoms with Crippen LogP contribution in [0.15, 0.2) is 29.6 Å². The van der Waals surface area contributed by atoms with Crippen LogP contribution in [-0.4, -0.2) is 23.9 Å². The van der Waals surface area contributed by atoms with Crippen LogP contribution in [0.3, 0.4) is 0 Å². The summed E-state index contributed by atoms with van der Waals surface area (Å²) in [4.78, 5) is 25.0. The average Bonchev–Trinajstić information content (AvgIpc) is 3.08. The standard InChI is InChI=1S/C15H12ClNO4S/c1-21-10-5-4-8(16)12-13(10)17-14(19)15(12,20)7-9(18)11-3-2-6-22-11/h2-6,20H,7H2,1H3,(H,17,19). The summed E-state index contributed by atoms with van der Waals surface area (Å²) in [7, 11) is 1.45. The first-order valence-electron chi connectivity index (χ1n) is 6.45. The van der Waals surface area contributed by atoms with Crippen LogP contribution in [0.4, 0.5) is 5.69 Å². The van der Waals surface area contributed by atoms with Gasteiger partial charge in [-0.2, -0.15) is 0 Å². The first-order chi connectivity index (χ1) is 10.5. The van der Waals surface area contributed by atoms with Crippen LogP contribution in [0.25, 0.3) is 0 Å². The molecule has 0 saturated carbocycles. The molecule has 7 heteroatoms. The Balaban J connectivity index is 2.05. The van der Waals surface area contributed by atoms with Crippen molar-refractivity contribution in [3.8, 4) is 5.75 Å². The van der Waals surface area contributed by atoms with E-state index in [9.17, 15) is 14.7 Å². The molecule has 0 saturated heterocycles. The number of Topliss-reactive ketones (excluding diaryl/α,β-unsaturated/α-hetero) is 1. The van der Waals surface area contributed by atoms with Gasteiger partial charge in [0.05, 0.1) is 24.1 Å². The number of thiophene rings is 1. The molecule has 1 amide bonds. The van der Waals surface area contributed by atoms with E-state index in [-0.39, 0.29) is 22.8 Å². The van der Waals surface area contributed by atoms with E-state index in [1.165, 1.54) is 24.5 Å². The first kappa shape index (κ1) is 15.0. The maximum Gasteiger partial charge on any atom is 0.261 e. The lowest BCUT2D eigenvalue weighted by Crippen LogP contribution is -2.36. The molecule has 1 aromatic heterocycles. The smallest absolute Gasteiger partial charge is 0.261 e. The van der Waals surface area contributed by atoms with E-state index in [4.69, 9.17) is 16.3 Å². The maximum absolute atomic E-state index is 12.3. The molecule has 0 spiro atoms. The predicted octanol–water partition coefficient (Wildman–Crippen LogP) is 2.82. The van der Waals surface area contributed by atoms with Crippen LogP contribution in [0, 0.1) is 0 Å². The fraction of sp³-hybridized carbons (Fsp3) is 0.200. The number of nitrogens with one attached hydrogen (secondary N) is 1. The molecule has 5 nitrogen and oxygen atoms in total. The van der Waals surface area contributed by atoms with Gasteiger partial charge < -0.3 is 15.2 Å². The fourth-order valence-electron chi connectivity index (χ4n) is 2.51. The number of halogens is 1. The van der Waals surface area contributed by atoms with Gasteiger partial charge in [0.25, 0.3) is 5.91 Å². The minimum atomic E-state index is -2.00. The largest absolute Gasteiger partial charge is 0.495 e. The minimum Gasteiger partial charge on any atom is -0.495 e. The third-order valence-corrected chi connectivity index (χ3v) is 4.80. The lowest BCUT2D eigenvalue weighted by atomic mass is 9.89. The van der Waals surface area contributed by atoms with Crippen LogP contribution in [0.1, 0.15) is 21.7 Å². The van der Waals surface area contributed by atoms with Crippen molar-refractivity contribution in [3.63, 3.8) is 0 Å². The van der Waals surface area contributed by atoms with Gasteiger partial charge in [0.2, 0.25) is 0 Å². The monoisotopic (exact) mass is 337 g/mol. The van der Waals surface area contributed by atoms with E-state index in [1.54, 1.807) is 23.6 Å². The zero-order chi connectivity index (χ0) is 15.9. The normalized spacial score (nSPS) is 19.7. The van der Waals surface area contributed by atoms with Gasteiger partial charge in [-0.3, -0.25) is 9.59 Å². The zero-order valence-electron chi connectivity index (χ0n) is 11.6. The lowest BCUT2D eigenvalue weighted by Gasteiger charge is -2.20. The molecule has 22 heavy (non-hydrogen) atoms. The quantitative estimate of drug-likeness (QED) is 0.841. The molecular formula is C15H12ClNO4S. The van der Waals surface area contributed by atoms with Crippen molar-refractivity contribution in [1.82, 2.24) is 0 Å². The van der Waals surface area contributed by atoms with E-state index in [0.717, 1.165) is 0 Å². The van der Waals surface area contributed by atoms with Gasteiger partial charge in [0.1, 0.15) is 5.75 Å². The summed E-state index contributed by atoms with van der Waals surface area (Å²) in [5.74, 6) is -0.620. The number of anilines is 1. The molecule has 1 aromatic carbocycles. The predicted molar refractivity (Wildman–Crippen MR) is 83.8 cm³/mol. The second-order valence-corrected chi connectivity index (χ2v) is 6.25. The molecule has 1 atom stereocenters. The number of ether oxygens (including phenoxy) is 1. The zero-order valence-corrected chi connectivity index (χ0v) is 13.1. The highest BCUT2D eigenvalue weighted by Gasteiger charge is 2.49. The van der Waals surface area contributed by atoms with Crippen molar-refractivity contribution in [3.05, 3.63) is 45.1 Å². The third-order valence-electron chi connectivity index (χ3n) is 3.58. The van der Waals surface area contributed by atoms with E-state index in [0.29, 0.717) is 16.3 Å². The van der Waals surface area contributed by atoms with Crippen LogP contribution >= 0.6 is 22.9 Å². The number of ketones is 1. The molecule has 0 fully saturated rings. The summed E-state index contributed by atoms with van der Waals surface area (Å²) in [6, 6.07) is 6.51. The molecule has 114 valence electrons. The second-order valence-electron chi connectivity index (χ2n) is 4.89. The molecule has 1 aliphatic heterocycles. The molecule has 1 unspecified atom stereocenters. The number of aliphatic hydroxyl groups is 1. The molecule has 0 bridgehead atoms. The van der Waals surface area contributed by atoms with E-state index >= 15 is 0 Å². The van der Waals surface area contributed by atoms with Crippen molar-refractivity contribution in [2.75, 3.05) is 12.4 Å². The van der Waals surface area contributed by atoms with Crippen molar-refractivity contribution in [2.45, 2.75) is 12.0 Å². The topological polar surface area (TPSA) is 75.6 Å². The summed E-state index contributed by atoms with van der Waals surface area (Å²) in [6.07, 6.45) is -0.376. The molecule has 2 N–H and O–H groups in total. The summed E-state index contributed by atoms with van der Waals surface area (Å²) in [5, 5.41) is 15.3. The Morgan fingerprint density at radius 1 is 1.45 bits per heavy atom. The Kier molecular flexibility index (Phi) is 3.68. The lowest BCUT2D eigenvalue weighted by molar-refractivity contribution is -0.133. The van der Waals surface area contributed by atoms with Gasteiger partial charge in [-0.1, -0.05) is 17.7 Å². The average molecular weight is 338 g/mol. The van der Waals surface area contributed by atoms with Crippen molar-refractivity contribution in [2.24, 2.45) is 0 Å². The van der Waals surface area contributed by atoms with Crippen LogP contribution in [-0.2, 0) is 10.4 Å². The Morgan fingerprint density at radius 3 is 2.86 bits per heavy atom. The highest BCUT2D eigenvalue weighted by molar-refractivity contribution is 7.12. The Morgan fingerprint density at radius 2 is 2.23 bits per heavy atom. The van der Waals surface area contributed by atoms with Gasteiger partial charge in [-0.05, 0) is 23.6 Å². The number of carbonyl (C=O) groups is 2. The number of hydrogen-bond acceptors (Lipinski definition) is 5. The summed E-state index contributed by atoms with van der Waals surface area (Å²) >= 11 is 7.40. The van der Waals surface area contributed by atoms with E-state index in [1.807, 2.05) is 0 Å². The van der Waals surface area contributed by atoms with Crippen LogP contribution < -0.4 is 10.1 Å². The highest BCUT2D eigenvalue weighted by atomic mass is 35.5.